The van der Waals surface area contributed by atoms with Gasteiger partial charge in [-0.15, -0.1) is 11.3 Å². The molecule has 2 atom stereocenters. The third-order valence-corrected chi connectivity index (χ3v) is 7.28. The largest absolute Gasteiger partial charge is 0.353 e. The molecule has 2 aliphatic heterocycles. The summed E-state index contributed by atoms with van der Waals surface area (Å²) in [5.74, 6) is -2.55. The predicted octanol–water partition coefficient (Wildman–Crippen LogP) is 1.14. The van der Waals surface area contributed by atoms with E-state index in [-0.39, 0.29) is 23.4 Å². The fourth-order valence-electron chi connectivity index (χ4n) is 4.20. The second kappa shape index (κ2) is 10.1. The summed E-state index contributed by atoms with van der Waals surface area (Å²) >= 11 is 0.972. The van der Waals surface area contributed by atoms with Gasteiger partial charge in [-0.3, -0.25) is 24.2 Å². The molecule has 0 saturated carbocycles. The molecule has 1 aromatic heterocycles. The lowest BCUT2D eigenvalue weighted by molar-refractivity contribution is -0.148. The number of amides is 4. The number of nitrogens with one attached hydrogen (secondary N) is 3. The lowest BCUT2D eigenvalue weighted by Gasteiger charge is -2.28. The van der Waals surface area contributed by atoms with Crippen molar-refractivity contribution in [1.82, 2.24) is 31.0 Å². The van der Waals surface area contributed by atoms with E-state index in [0.29, 0.717) is 41.3 Å². The molecule has 35 heavy (non-hydrogen) atoms. The highest BCUT2D eigenvalue weighted by Crippen LogP contribution is 2.30. The second-order valence-corrected chi connectivity index (χ2v) is 9.61. The van der Waals surface area contributed by atoms with Crippen LogP contribution in [0.3, 0.4) is 0 Å². The van der Waals surface area contributed by atoms with Crippen LogP contribution in [-0.4, -0.2) is 65.3 Å². The monoisotopic (exact) mass is 502 g/mol. The molecule has 1 aromatic carbocycles. The number of fused-ring (bicyclic) bond motifs is 2. The number of benzene rings is 1. The van der Waals surface area contributed by atoms with Gasteiger partial charge in [0.2, 0.25) is 5.91 Å². The van der Waals surface area contributed by atoms with E-state index in [4.69, 9.17) is 0 Å². The molecule has 4 rings (SSSR count). The Labute approximate surface area is 205 Å². The van der Waals surface area contributed by atoms with Gasteiger partial charge in [0.05, 0.1) is 11.6 Å². The number of hydrogen-bond donors (Lipinski definition) is 3. The first kappa shape index (κ1) is 24.7. The summed E-state index contributed by atoms with van der Waals surface area (Å²) in [4.78, 5) is 55.1. The molecule has 3 heterocycles. The van der Waals surface area contributed by atoms with Crippen molar-refractivity contribution < 1.29 is 23.6 Å². The minimum atomic E-state index is -0.946. The van der Waals surface area contributed by atoms with Gasteiger partial charge >= 0.3 is 0 Å². The molecule has 186 valence electrons. The average molecular weight is 503 g/mol. The van der Waals surface area contributed by atoms with E-state index in [0.717, 1.165) is 17.8 Å². The quantitative estimate of drug-likeness (QED) is 0.544. The Bertz CT molecular complexity index is 1180. The summed E-state index contributed by atoms with van der Waals surface area (Å²) in [7, 11) is 1.48. The average Bonchev–Trinajstić information content (AvgIpc) is 3.44. The van der Waals surface area contributed by atoms with Crippen molar-refractivity contribution in [3.8, 4) is 0 Å². The van der Waals surface area contributed by atoms with E-state index >= 15 is 0 Å². The molecule has 1 saturated heterocycles. The van der Waals surface area contributed by atoms with Crippen LogP contribution in [0.4, 0.5) is 4.39 Å². The highest BCUT2D eigenvalue weighted by molar-refractivity contribution is 7.15. The molecule has 0 bridgehead atoms. The van der Waals surface area contributed by atoms with Crippen LogP contribution in [0.15, 0.2) is 18.2 Å². The van der Waals surface area contributed by atoms with E-state index in [2.05, 4.69) is 20.9 Å². The van der Waals surface area contributed by atoms with E-state index in [1.807, 2.05) is 5.01 Å². The molecule has 0 radical (unpaired) electrons. The Morgan fingerprint density at radius 2 is 2.03 bits per heavy atom. The van der Waals surface area contributed by atoms with E-state index in [9.17, 15) is 23.6 Å². The van der Waals surface area contributed by atoms with E-state index in [1.165, 1.54) is 19.2 Å². The maximum Gasteiger partial charge on any atom is 0.280 e. The van der Waals surface area contributed by atoms with Crippen molar-refractivity contribution >= 4 is 35.0 Å². The van der Waals surface area contributed by atoms with Gasteiger partial charge in [0, 0.05) is 33.2 Å². The number of nitrogens with zero attached hydrogens (tertiary/aromatic N) is 3. The van der Waals surface area contributed by atoms with Crippen LogP contribution in [-0.2, 0) is 16.1 Å². The van der Waals surface area contributed by atoms with Crippen LogP contribution in [0.2, 0.25) is 0 Å². The normalized spacial score (nSPS) is 18.3. The van der Waals surface area contributed by atoms with Gasteiger partial charge in [0.1, 0.15) is 16.7 Å². The van der Waals surface area contributed by atoms with Crippen molar-refractivity contribution in [2.24, 2.45) is 5.92 Å². The fraction of sp³-hybridized carbons (Fsp3) is 0.435. The molecular weight excluding hydrogens is 475 g/mol. The summed E-state index contributed by atoms with van der Waals surface area (Å²) in [6, 6.07) is 3.28. The number of hydrogen-bond acceptors (Lipinski definition) is 7. The standard InChI is InChI=1S/C23H27FN6O4S/c1-12(10-26-20(32)18-13(2)27-22(35-18)21(33)25-3)19(31)28-17-16-6-5-15(24)9-14(16)11-29-7-4-8-30(29)23(17)34/h5-6,9,12,17H,4,7-8,10-11H2,1-3H3,(H,25,33)(H,26,32)(H,28,31)/t12-,17-/m1/s1. The smallest absolute Gasteiger partial charge is 0.280 e. The lowest BCUT2D eigenvalue weighted by atomic mass is 9.98. The third-order valence-electron chi connectivity index (χ3n) is 6.12. The van der Waals surface area contributed by atoms with E-state index < -0.39 is 29.6 Å². The van der Waals surface area contributed by atoms with Crippen LogP contribution in [0.1, 0.15) is 55.7 Å². The van der Waals surface area contributed by atoms with Crippen LogP contribution < -0.4 is 16.0 Å². The first-order valence-electron chi connectivity index (χ1n) is 11.3. The number of thiazole rings is 1. The Balaban J connectivity index is 1.44. The third kappa shape index (κ3) is 5.03. The number of halogens is 1. The molecule has 1 fully saturated rings. The highest BCUT2D eigenvalue weighted by Gasteiger charge is 2.38. The molecule has 10 nitrogen and oxygen atoms in total. The van der Waals surface area contributed by atoms with Gasteiger partial charge in [-0.25, -0.2) is 14.4 Å². The Morgan fingerprint density at radius 3 is 2.77 bits per heavy atom. The maximum absolute atomic E-state index is 13.9. The lowest BCUT2D eigenvalue weighted by Crippen LogP contribution is -2.47. The second-order valence-electron chi connectivity index (χ2n) is 8.61. The minimum Gasteiger partial charge on any atom is -0.353 e. The van der Waals surface area contributed by atoms with Gasteiger partial charge in [0.25, 0.3) is 17.7 Å². The number of carbonyl (C=O) groups is 4. The maximum atomic E-state index is 13.9. The van der Waals surface area contributed by atoms with Crippen LogP contribution in [0.5, 0.6) is 0 Å². The molecule has 12 heteroatoms. The molecule has 0 aliphatic carbocycles. The topological polar surface area (TPSA) is 124 Å². The van der Waals surface area contributed by atoms with Crippen molar-refractivity contribution in [1.29, 1.82) is 0 Å². The van der Waals surface area contributed by atoms with Crippen LogP contribution in [0.25, 0.3) is 0 Å². The first-order valence-corrected chi connectivity index (χ1v) is 12.1. The molecule has 2 aliphatic rings. The fourth-order valence-corrected chi connectivity index (χ4v) is 5.13. The Morgan fingerprint density at radius 1 is 1.26 bits per heavy atom. The number of aryl methyl sites for hydroxylation is 1. The number of rotatable bonds is 6. The summed E-state index contributed by atoms with van der Waals surface area (Å²) in [6.45, 7) is 4.91. The van der Waals surface area contributed by atoms with Crippen molar-refractivity contribution in [2.75, 3.05) is 26.7 Å². The molecular formula is C23H27FN6O4S. The zero-order valence-electron chi connectivity index (χ0n) is 19.7. The molecule has 0 unspecified atom stereocenters. The SMILES string of the molecule is CNC(=O)c1nc(C)c(C(=O)NC[C@@H](C)C(=O)N[C@H]2C(=O)N3CCCN3Cc3cc(F)ccc32)s1. The summed E-state index contributed by atoms with van der Waals surface area (Å²) in [5, 5.41) is 11.6. The van der Waals surface area contributed by atoms with Crippen molar-refractivity contribution in [3.05, 3.63) is 50.7 Å². The first-order chi connectivity index (χ1) is 16.7. The summed E-state index contributed by atoms with van der Waals surface area (Å²) in [5.41, 5.74) is 1.64. The van der Waals surface area contributed by atoms with Gasteiger partial charge in [-0.2, -0.15) is 0 Å². The minimum absolute atomic E-state index is 0.0182. The zero-order valence-corrected chi connectivity index (χ0v) is 20.5. The molecule has 3 N–H and O–H groups in total. The van der Waals surface area contributed by atoms with Gasteiger partial charge in [-0.1, -0.05) is 13.0 Å². The van der Waals surface area contributed by atoms with Crippen LogP contribution >= 0.6 is 11.3 Å². The summed E-state index contributed by atoms with van der Waals surface area (Å²) < 4.78 is 13.9. The number of hydrazine groups is 1. The highest BCUT2D eigenvalue weighted by atomic mass is 32.1. The van der Waals surface area contributed by atoms with Gasteiger partial charge in [-0.05, 0) is 36.6 Å². The molecule has 4 amide bonds. The number of carbonyl (C=O) groups excluding carboxylic acids is 4. The zero-order chi connectivity index (χ0) is 25.3. The number of aromatic nitrogens is 1. The molecule has 2 aromatic rings. The Kier molecular flexibility index (Phi) is 7.13. The predicted molar refractivity (Wildman–Crippen MR) is 126 cm³/mol. The van der Waals surface area contributed by atoms with Crippen LogP contribution in [0, 0.1) is 18.7 Å². The van der Waals surface area contributed by atoms with E-state index in [1.54, 1.807) is 24.9 Å². The molecule has 0 spiro atoms. The van der Waals surface area contributed by atoms with Gasteiger partial charge in [0.15, 0.2) is 5.01 Å². The van der Waals surface area contributed by atoms with Gasteiger partial charge < -0.3 is 16.0 Å². The van der Waals surface area contributed by atoms with Crippen molar-refractivity contribution in [2.45, 2.75) is 32.9 Å². The summed E-state index contributed by atoms with van der Waals surface area (Å²) in [6.07, 6.45) is 0.804. The Hall–Kier alpha value is -3.38. The van der Waals surface area contributed by atoms with Crippen molar-refractivity contribution in [3.63, 3.8) is 0 Å².